The van der Waals surface area contributed by atoms with Crippen LogP contribution in [-0.2, 0) is 4.74 Å². The Morgan fingerprint density at radius 3 is 2.62 bits per heavy atom. The van der Waals surface area contributed by atoms with Crippen molar-refractivity contribution >= 4 is 0 Å². The van der Waals surface area contributed by atoms with Gasteiger partial charge in [0, 0.05) is 25.2 Å². The second-order valence-electron chi connectivity index (χ2n) is 4.73. The Labute approximate surface area is 101 Å². The molecule has 1 rings (SSSR count). The van der Waals surface area contributed by atoms with Crippen LogP contribution in [0.5, 0.6) is 0 Å². The summed E-state index contributed by atoms with van der Waals surface area (Å²) < 4.78 is 5.43. The summed E-state index contributed by atoms with van der Waals surface area (Å²) >= 11 is 0. The average Bonchev–Trinajstić information content (AvgIpc) is 2.77. The fourth-order valence-corrected chi connectivity index (χ4v) is 2.53. The van der Waals surface area contributed by atoms with E-state index in [2.05, 4.69) is 31.0 Å². The van der Waals surface area contributed by atoms with E-state index in [1.54, 1.807) is 0 Å². The van der Waals surface area contributed by atoms with E-state index >= 15 is 0 Å². The van der Waals surface area contributed by atoms with Crippen molar-refractivity contribution in [1.29, 1.82) is 0 Å². The van der Waals surface area contributed by atoms with Crippen LogP contribution in [0.25, 0.3) is 0 Å². The Hall–Kier alpha value is -0.120. The highest BCUT2D eigenvalue weighted by Gasteiger charge is 2.32. The van der Waals surface area contributed by atoms with Gasteiger partial charge in [0.2, 0.25) is 0 Å². The van der Waals surface area contributed by atoms with E-state index < -0.39 is 0 Å². The fraction of sp³-hybridized carbons (Fsp3) is 1.00. The van der Waals surface area contributed by atoms with Crippen molar-refractivity contribution in [1.82, 2.24) is 10.2 Å². The maximum absolute atomic E-state index is 5.43. The highest BCUT2D eigenvalue weighted by molar-refractivity contribution is 4.94. The van der Waals surface area contributed by atoms with Crippen molar-refractivity contribution in [2.75, 3.05) is 39.4 Å². The number of nitrogens with zero attached hydrogens (tertiary/aromatic N) is 1. The summed E-state index contributed by atoms with van der Waals surface area (Å²) in [6.45, 7) is 12.8. The zero-order chi connectivity index (χ0) is 11.9. The molecular weight excluding hydrogens is 200 g/mol. The van der Waals surface area contributed by atoms with Crippen LogP contribution in [0.3, 0.4) is 0 Å². The zero-order valence-corrected chi connectivity index (χ0v) is 11.2. The summed E-state index contributed by atoms with van der Waals surface area (Å²) in [5.74, 6) is 0. The van der Waals surface area contributed by atoms with Gasteiger partial charge in [0.05, 0.1) is 6.61 Å². The average molecular weight is 228 g/mol. The lowest BCUT2D eigenvalue weighted by Crippen LogP contribution is -2.50. The van der Waals surface area contributed by atoms with E-state index in [-0.39, 0.29) is 0 Å². The molecule has 1 heterocycles. The van der Waals surface area contributed by atoms with E-state index in [1.807, 2.05) is 0 Å². The Kier molecular flexibility index (Phi) is 6.32. The molecule has 1 unspecified atom stereocenters. The van der Waals surface area contributed by atoms with Crippen LogP contribution in [-0.4, -0.2) is 49.8 Å². The van der Waals surface area contributed by atoms with Crippen LogP contribution < -0.4 is 5.32 Å². The lowest BCUT2D eigenvalue weighted by Gasteiger charge is -2.34. The molecule has 96 valence electrons. The molecule has 1 atom stereocenters. The lowest BCUT2D eigenvalue weighted by molar-refractivity contribution is 0.101. The van der Waals surface area contributed by atoms with Crippen molar-refractivity contribution in [3.8, 4) is 0 Å². The van der Waals surface area contributed by atoms with Gasteiger partial charge in [0.1, 0.15) is 0 Å². The van der Waals surface area contributed by atoms with Gasteiger partial charge in [-0.2, -0.15) is 0 Å². The SMILES string of the molecule is CCOCCN(CC)CC1(CC)CCCN1. The van der Waals surface area contributed by atoms with E-state index in [0.717, 1.165) is 26.3 Å². The van der Waals surface area contributed by atoms with Gasteiger partial charge in [-0.3, -0.25) is 4.90 Å². The summed E-state index contributed by atoms with van der Waals surface area (Å²) in [6, 6.07) is 0. The Morgan fingerprint density at radius 2 is 2.12 bits per heavy atom. The third kappa shape index (κ3) is 4.04. The molecule has 0 aromatic heterocycles. The molecule has 1 saturated heterocycles. The van der Waals surface area contributed by atoms with Crippen molar-refractivity contribution < 1.29 is 4.74 Å². The minimum Gasteiger partial charge on any atom is -0.380 e. The highest BCUT2D eigenvalue weighted by atomic mass is 16.5. The molecule has 0 aliphatic carbocycles. The molecule has 1 N–H and O–H groups in total. The number of hydrogen-bond acceptors (Lipinski definition) is 3. The van der Waals surface area contributed by atoms with Gasteiger partial charge in [-0.1, -0.05) is 13.8 Å². The van der Waals surface area contributed by atoms with Gasteiger partial charge in [-0.05, 0) is 39.3 Å². The Bertz CT molecular complexity index is 179. The van der Waals surface area contributed by atoms with Crippen molar-refractivity contribution in [2.24, 2.45) is 0 Å². The number of likely N-dealkylation sites (N-methyl/N-ethyl adjacent to an activating group) is 1. The zero-order valence-electron chi connectivity index (χ0n) is 11.2. The Balaban J connectivity index is 2.35. The monoisotopic (exact) mass is 228 g/mol. The molecule has 3 heteroatoms. The largest absolute Gasteiger partial charge is 0.380 e. The summed E-state index contributed by atoms with van der Waals surface area (Å²) in [6.07, 6.45) is 3.89. The highest BCUT2D eigenvalue weighted by Crippen LogP contribution is 2.23. The van der Waals surface area contributed by atoms with Crippen LogP contribution in [0.4, 0.5) is 0 Å². The second-order valence-corrected chi connectivity index (χ2v) is 4.73. The van der Waals surface area contributed by atoms with Gasteiger partial charge in [0.25, 0.3) is 0 Å². The summed E-state index contributed by atoms with van der Waals surface area (Å²) in [7, 11) is 0. The first-order chi connectivity index (χ1) is 7.76. The molecule has 1 aliphatic rings. The number of rotatable bonds is 8. The molecule has 0 aromatic carbocycles. The number of nitrogens with one attached hydrogen (secondary N) is 1. The molecule has 0 amide bonds. The summed E-state index contributed by atoms with van der Waals surface area (Å²) in [4.78, 5) is 2.51. The second kappa shape index (κ2) is 7.25. The number of hydrogen-bond donors (Lipinski definition) is 1. The smallest absolute Gasteiger partial charge is 0.0593 e. The predicted octanol–water partition coefficient (Wildman–Crippen LogP) is 1.88. The van der Waals surface area contributed by atoms with E-state index in [1.165, 1.54) is 32.4 Å². The molecule has 0 radical (unpaired) electrons. The van der Waals surface area contributed by atoms with Crippen LogP contribution in [0.1, 0.15) is 40.0 Å². The van der Waals surface area contributed by atoms with E-state index in [9.17, 15) is 0 Å². The summed E-state index contributed by atoms with van der Waals surface area (Å²) in [5.41, 5.74) is 0.377. The van der Waals surface area contributed by atoms with Gasteiger partial charge < -0.3 is 10.1 Å². The van der Waals surface area contributed by atoms with Gasteiger partial charge in [-0.15, -0.1) is 0 Å². The third-order valence-electron chi connectivity index (χ3n) is 3.74. The predicted molar refractivity (Wildman–Crippen MR) is 68.9 cm³/mol. The van der Waals surface area contributed by atoms with Gasteiger partial charge in [-0.25, -0.2) is 0 Å². The first-order valence-corrected chi connectivity index (χ1v) is 6.81. The molecule has 0 aromatic rings. The quantitative estimate of drug-likeness (QED) is 0.642. The first-order valence-electron chi connectivity index (χ1n) is 6.81. The minimum absolute atomic E-state index is 0.377. The molecule has 0 saturated carbocycles. The Morgan fingerprint density at radius 1 is 1.31 bits per heavy atom. The molecule has 1 fully saturated rings. The van der Waals surface area contributed by atoms with Crippen LogP contribution >= 0.6 is 0 Å². The topological polar surface area (TPSA) is 24.5 Å². The lowest BCUT2D eigenvalue weighted by atomic mass is 9.93. The maximum Gasteiger partial charge on any atom is 0.0593 e. The standard InChI is InChI=1S/C13H28N2O/c1-4-13(8-7-9-14-13)12-15(5-2)10-11-16-6-3/h14H,4-12H2,1-3H3. The summed E-state index contributed by atoms with van der Waals surface area (Å²) in [5, 5.41) is 3.69. The van der Waals surface area contributed by atoms with Crippen molar-refractivity contribution in [3.63, 3.8) is 0 Å². The van der Waals surface area contributed by atoms with Gasteiger partial charge >= 0.3 is 0 Å². The molecule has 16 heavy (non-hydrogen) atoms. The molecule has 0 bridgehead atoms. The van der Waals surface area contributed by atoms with Crippen LogP contribution in [0.15, 0.2) is 0 Å². The molecular formula is C13H28N2O. The maximum atomic E-state index is 5.43. The fourth-order valence-electron chi connectivity index (χ4n) is 2.53. The molecule has 1 aliphatic heterocycles. The minimum atomic E-state index is 0.377. The van der Waals surface area contributed by atoms with Crippen LogP contribution in [0, 0.1) is 0 Å². The van der Waals surface area contributed by atoms with Gasteiger partial charge in [0.15, 0.2) is 0 Å². The van der Waals surface area contributed by atoms with E-state index in [4.69, 9.17) is 4.74 Å². The first kappa shape index (κ1) is 13.9. The third-order valence-corrected chi connectivity index (χ3v) is 3.74. The van der Waals surface area contributed by atoms with Crippen molar-refractivity contribution in [2.45, 2.75) is 45.6 Å². The normalized spacial score (nSPS) is 25.5. The molecule has 0 spiro atoms. The molecule has 3 nitrogen and oxygen atoms in total. The van der Waals surface area contributed by atoms with E-state index in [0.29, 0.717) is 5.54 Å². The van der Waals surface area contributed by atoms with Crippen LogP contribution in [0.2, 0.25) is 0 Å². The van der Waals surface area contributed by atoms with Crippen molar-refractivity contribution in [3.05, 3.63) is 0 Å². The number of ether oxygens (including phenoxy) is 1.